The van der Waals surface area contributed by atoms with Crippen LogP contribution in [0.1, 0.15) is 94.3 Å². The van der Waals surface area contributed by atoms with Gasteiger partial charge in [-0.2, -0.15) is 0 Å². The van der Waals surface area contributed by atoms with E-state index in [0.717, 1.165) is 6.04 Å². The van der Waals surface area contributed by atoms with E-state index in [0.29, 0.717) is 47.0 Å². The van der Waals surface area contributed by atoms with E-state index < -0.39 is 69.5 Å². The molecule has 2 saturated carbocycles. The molecule has 2 aliphatic heterocycles. The third-order valence-electron chi connectivity index (χ3n) is 14.9. The van der Waals surface area contributed by atoms with Crippen LogP contribution < -0.4 is 154 Å². The number of rotatable bonds is 18. The number of nitrogens with two attached hydrogens (primary N) is 1. The summed E-state index contributed by atoms with van der Waals surface area (Å²) in [5, 5.41) is 17.1. The standard InChI is InChI=1S/C32H42BrF2N5O4SSi.C25H24F2N6O3S.C4H5NO2.CH2O3.2Cs.H/c1-30(2,3)44-29(42)40(19-43-12-13-46(7,8)9)28-38-31(4,25-16-32(25,45-28)27(41)39(5)6)21-14-20(10-11-22(21)34)15-23(35)24-17-37-26(33)18-36-24;1-24(19-10-25(19,22(34)33(2)3)37-23(28)32-24)15-8-14(4-5-16(15)26)9-17(27)18-11-31-20(12-30-18)36-13-21-29-6-7-35-21;6-3-4-5-1-2-7-4;2-1-4-3;;;/h10-11,14-15,17-18,25H,12-13,16,19H2,1-9H3;4-9,11-12,19H,10,13H2,1-3H3,(H2,28,32);1-2,6H,3H2;1,3H;;;/q;;;;2*+1;-1/p-1/b23-15-;17-9-;;;;;/t25-,31+,32-;19-,24+,25-;;;;;/m00...../s1. The third-order valence-corrected chi connectivity index (χ3v) is 19.8. The Kier molecular flexibility index (Phi) is 30.8. The largest absolute Gasteiger partial charge is 1.00 e. The van der Waals surface area contributed by atoms with E-state index in [9.17, 15) is 14.4 Å². The molecule has 506 valence electrons. The molecule has 0 radical (unpaired) electrons. The maximum atomic E-state index is 15.8. The fourth-order valence-electron chi connectivity index (χ4n) is 10.2. The van der Waals surface area contributed by atoms with Crippen LogP contribution in [0.5, 0.6) is 5.88 Å². The fraction of sp³-hybridized carbons (Fsp3) is 0.419. The molecule has 2 fully saturated rings. The molecule has 24 nitrogen and oxygen atoms in total. The fourth-order valence-corrected chi connectivity index (χ4v) is 14.3. The average molecular weight is 1690 g/mol. The number of hydrogen-bond acceptors (Lipinski definition) is 23. The van der Waals surface area contributed by atoms with Crippen LogP contribution in [0.2, 0.25) is 25.7 Å². The molecule has 6 atom stereocenters. The number of aromatic nitrogens is 6. The summed E-state index contributed by atoms with van der Waals surface area (Å²) >= 11 is 5.60. The molecule has 0 unspecified atom stereocenters. The number of ether oxygens (including phenoxy) is 3. The summed E-state index contributed by atoms with van der Waals surface area (Å²) in [5.41, 5.74) is 4.14. The Hall–Kier alpha value is -3.78. The van der Waals surface area contributed by atoms with Crippen LogP contribution in [-0.4, -0.2) is 149 Å². The van der Waals surface area contributed by atoms with Gasteiger partial charge in [-0.15, -0.1) is 0 Å². The van der Waals surface area contributed by atoms with Crippen molar-refractivity contribution in [3.05, 3.63) is 148 Å². The van der Waals surface area contributed by atoms with Crippen molar-refractivity contribution in [2.24, 2.45) is 27.6 Å². The zero-order valence-electron chi connectivity index (χ0n) is 56.6. The number of amidine groups is 2. The minimum atomic E-state index is -1.42. The molecule has 6 aromatic rings. The summed E-state index contributed by atoms with van der Waals surface area (Å²) in [6.07, 6.45) is 13.7. The number of nitrogens with zero attached hydrogens (tertiary/aromatic N) is 11. The van der Waals surface area contributed by atoms with Gasteiger partial charge in [-0.1, -0.05) is 55.3 Å². The maximum absolute atomic E-state index is 15.8. The zero-order valence-corrected chi connectivity index (χ0v) is 72.3. The van der Waals surface area contributed by atoms with Crippen molar-refractivity contribution in [1.29, 1.82) is 0 Å². The summed E-state index contributed by atoms with van der Waals surface area (Å²) in [4.78, 5) is 89.1. The predicted octanol–water partition coefficient (Wildman–Crippen LogP) is 4.06. The Balaban J connectivity index is 0.000000351. The number of oxazole rings is 2. The number of aliphatic hydroxyl groups is 1. The van der Waals surface area contributed by atoms with Gasteiger partial charge in [0, 0.05) is 65.8 Å². The number of aliphatic imine (C=N–C) groups is 2. The van der Waals surface area contributed by atoms with Gasteiger partial charge in [-0.3, -0.25) is 24.4 Å². The number of thioether (sulfide) groups is 2. The van der Waals surface area contributed by atoms with Gasteiger partial charge in [0.2, 0.25) is 29.5 Å². The van der Waals surface area contributed by atoms with E-state index in [4.69, 9.17) is 44.5 Å². The molecule has 34 heteroatoms. The van der Waals surface area contributed by atoms with Crippen molar-refractivity contribution in [2.45, 2.75) is 113 Å². The number of amides is 3. The first kappa shape index (κ1) is 82.9. The van der Waals surface area contributed by atoms with Crippen molar-refractivity contribution in [3.63, 3.8) is 0 Å². The number of halogens is 5. The van der Waals surface area contributed by atoms with Crippen LogP contribution in [-0.2, 0) is 53.0 Å². The number of hydrogen-bond donors (Lipinski definition) is 2. The van der Waals surface area contributed by atoms with Crippen molar-refractivity contribution in [2.75, 3.05) is 41.5 Å². The van der Waals surface area contributed by atoms with Gasteiger partial charge in [0.15, 0.2) is 28.6 Å². The number of aliphatic hydroxyl groups excluding tert-OH is 1. The molecule has 3 N–H and O–H groups in total. The SMILES string of the molecule is CN(C)C(=O)[C@]12C[C@H]1[C@@](C)(c1cc(/C=C(\F)c3cnc(Br)cn3)ccc1F)N=C(N(COCC[Si](C)(C)C)C(=O)OC(C)(C)C)S2.CN(C)C(=O)[C@]12C[C@H]1[C@@](C)(c1cc(/C=C(\F)c3cnc(OCc4ncco4)cn3)ccc1F)N=C(N)S2.O=CO[O-].OCc1ncco1.[Cs+].[Cs+].[H-]. The van der Waals surface area contributed by atoms with Crippen LogP contribution in [0, 0.1) is 23.5 Å². The normalized spacial score (nSPS) is 21.4. The number of fused-ring (bicyclic) bond motifs is 2. The minimum Gasteiger partial charge on any atom is -1.00 e. The zero-order chi connectivity index (χ0) is 69.1. The number of carbonyl (C=O) groups excluding carboxylic acids is 4. The van der Waals surface area contributed by atoms with Crippen molar-refractivity contribution in [1.82, 2.24) is 44.6 Å². The van der Waals surface area contributed by atoms with Crippen molar-refractivity contribution in [3.8, 4) is 5.88 Å². The number of benzene rings is 2. The first-order chi connectivity index (χ1) is 44.2. The van der Waals surface area contributed by atoms with Crippen LogP contribution in [0.25, 0.3) is 23.8 Å². The maximum Gasteiger partial charge on any atom is 1.00 e. The molecule has 4 aliphatic rings. The second-order valence-corrected chi connectivity index (χ2v) is 33.8. The molecule has 0 bridgehead atoms. The van der Waals surface area contributed by atoms with Crippen LogP contribution in [0.15, 0.2) is 110 Å². The first-order valence-corrected chi connectivity index (χ1v) is 35.1. The van der Waals surface area contributed by atoms with E-state index in [1.54, 1.807) is 62.8 Å². The molecule has 4 aromatic heterocycles. The van der Waals surface area contributed by atoms with Gasteiger partial charge < -0.3 is 55.3 Å². The van der Waals surface area contributed by atoms with Gasteiger partial charge in [0.05, 0.1) is 48.3 Å². The Morgan fingerprint density at radius 1 is 0.792 bits per heavy atom. The van der Waals surface area contributed by atoms with Crippen LogP contribution in [0.4, 0.5) is 22.4 Å². The Bertz CT molecular complexity index is 3800. The second-order valence-electron chi connectivity index (χ2n) is 24.7. The molecule has 6 heterocycles. The van der Waals surface area contributed by atoms with Crippen molar-refractivity contribution < 1.29 is 214 Å². The minimum absolute atomic E-state index is 0. The molecule has 3 amide bonds. The van der Waals surface area contributed by atoms with Gasteiger partial charge in [0.25, 0.3) is 6.47 Å². The van der Waals surface area contributed by atoms with Crippen LogP contribution in [0.3, 0.4) is 0 Å². The third kappa shape index (κ3) is 21.4. The van der Waals surface area contributed by atoms with Gasteiger partial charge in [-0.25, -0.2) is 57.2 Å². The summed E-state index contributed by atoms with van der Waals surface area (Å²) < 4.78 is 86.7. The molecular formula is C62H73BrCs2F4N12O12S2Si. The van der Waals surface area contributed by atoms with E-state index >= 15 is 17.6 Å². The Labute approximate surface area is 690 Å². The second kappa shape index (κ2) is 35.7. The monoisotopic (exact) mass is 1690 g/mol. The molecule has 0 saturated heterocycles. The summed E-state index contributed by atoms with van der Waals surface area (Å²) in [6, 6.07) is 9.38. The molecular weight excluding hydrogens is 1620 g/mol. The van der Waals surface area contributed by atoms with Gasteiger partial charge >= 0.3 is 144 Å². The first-order valence-electron chi connectivity index (χ1n) is 29.0. The topological polar surface area (TPSA) is 313 Å². The Morgan fingerprint density at radius 3 is 1.72 bits per heavy atom. The predicted molar refractivity (Wildman–Crippen MR) is 349 cm³/mol. The molecule has 2 aliphatic carbocycles. The van der Waals surface area contributed by atoms with Gasteiger partial charge in [0.1, 0.15) is 68.6 Å². The van der Waals surface area contributed by atoms with E-state index in [2.05, 4.69) is 79.8 Å². The molecule has 10 rings (SSSR count). The van der Waals surface area contributed by atoms with E-state index in [-0.39, 0.29) is 222 Å². The summed E-state index contributed by atoms with van der Waals surface area (Å²) in [7, 11) is 5.27. The smallest absolute Gasteiger partial charge is 1.00 e. The van der Waals surface area contributed by atoms with Crippen LogP contribution >= 0.6 is 39.5 Å². The number of carbonyl (C=O) groups is 4. The Morgan fingerprint density at radius 2 is 1.29 bits per heavy atom. The summed E-state index contributed by atoms with van der Waals surface area (Å²) in [5.74, 6) is -2.37. The van der Waals surface area contributed by atoms with E-state index in [1.165, 1.54) is 136 Å². The molecule has 0 spiro atoms. The average Bonchev–Trinajstić information content (AvgIpc) is 1.53. The van der Waals surface area contributed by atoms with E-state index in [1.807, 2.05) is 0 Å². The summed E-state index contributed by atoms with van der Waals surface area (Å²) in [6.45, 7) is 15.5. The van der Waals surface area contributed by atoms with Gasteiger partial charge in [-0.05, 0) is 117 Å². The molecule has 2 aromatic carbocycles. The quantitative estimate of drug-likeness (QED) is 0.0233. The molecule has 96 heavy (non-hydrogen) atoms. The van der Waals surface area contributed by atoms with Crippen molar-refractivity contribution >= 4 is 106 Å².